The number of alkyl halides is 3. The second-order valence-electron chi connectivity index (χ2n) is 13.2. The number of carbonyl (C=O) groups excluding carboxylic acids is 2. The molecule has 15 heteroatoms. The van der Waals surface area contributed by atoms with Crippen LogP contribution in [0, 0.1) is 17.7 Å². The van der Waals surface area contributed by atoms with Crippen LogP contribution in [0.1, 0.15) is 73.1 Å². The number of nitrogens with one attached hydrogen (secondary N) is 2. The molecule has 5 aliphatic rings. The lowest BCUT2D eigenvalue weighted by Crippen LogP contribution is -2.59. The predicted molar refractivity (Wildman–Crippen MR) is 165 cm³/mol. The van der Waals surface area contributed by atoms with E-state index < -0.39 is 58.0 Å². The molecule has 0 radical (unpaired) electrons. The fourth-order valence-corrected chi connectivity index (χ4v) is 7.98. The van der Waals surface area contributed by atoms with E-state index in [1.807, 2.05) is 4.90 Å². The van der Waals surface area contributed by atoms with Crippen molar-refractivity contribution in [3.63, 3.8) is 0 Å². The van der Waals surface area contributed by atoms with Crippen LogP contribution in [-0.2, 0) is 28.7 Å². The summed E-state index contributed by atoms with van der Waals surface area (Å²) >= 11 is 0. The molecule has 3 amide bonds. The van der Waals surface area contributed by atoms with Crippen molar-refractivity contribution in [1.82, 2.24) is 25.5 Å². The number of ether oxygens (including phenoxy) is 2. The molecule has 1 aromatic heterocycles. The van der Waals surface area contributed by atoms with Crippen LogP contribution in [0.2, 0.25) is 0 Å². The molecule has 7 rings (SSSR count). The summed E-state index contributed by atoms with van der Waals surface area (Å²) in [6, 6.07) is 0.302. The van der Waals surface area contributed by atoms with Crippen molar-refractivity contribution in [3.8, 4) is 17.9 Å². The molecule has 1 spiro atoms. The number of aromatic nitrogens is 2. The first-order valence-electron chi connectivity index (χ1n) is 15.9. The summed E-state index contributed by atoms with van der Waals surface area (Å²) in [5.74, 6) is 3.55. The molecule has 48 heavy (non-hydrogen) atoms. The Labute approximate surface area is 274 Å². The van der Waals surface area contributed by atoms with Gasteiger partial charge in [0.1, 0.15) is 18.0 Å². The van der Waals surface area contributed by atoms with Crippen molar-refractivity contribution in [3.05, 3.63) is 52.0 Å². The number of hydrogen-bond acceptors (Lipinski definition) is 9. The molecule has 3 atom stereocenters. The quantitative estimate of drug-likeness (QED) is 0.143. The highest BCUT2D eigenvalue weighted by atomic mass is 19.4. The topological polar surface area (TPSA) is 135 Å². The summed E-state index contributed by atoms with van der Waals surface area (Å²) in [6.45, 7) is 7.82. The van der Waals surface area contributed by atoms with Gasteiger partial charge < -0.3 is 25.4 Å². The standard InChI is InChI=1S/C33H35F4N7O4/c1-3-6-19-11-21(38)26(34)24(25(19)33(35,36)37)23-12-22-20(15-47-23)27(43-9-5-8-32(16-43)28(45)41-29(46)42-32)40-30(39-22)48-17-31-7-4-10-44(31)14-18(2)13-31/h11,23H,2,4-5,7-10,12-17,38H2,1H3,(H2,41,42,45,46)/t23-,31-,32+/m0/s1. The van der Waals surface area contributed by atoms with Crippen molar-refractivity contribution < 1.29 is 36.6 Å². The van der Waals surface area contributed by atoms with Crippen LogP contribution in [0.15, 0.2) is 18.2 Å². The SMILES string of the molecule is C=C1CN2CCC[C@@]2(COc2nc3c(c(N4CCC[C@]5(C4)NC(=O)NC5=O)n2)CO[C@H](c2c(F)c(N)cc(C#CC)c2C(F)(F)F)C3)C1. The summed E-state index contributed by atoms with van der Waals surface area (Å²) in [7, 11) is 0. The van der Waals surface area contributed by atoms with Gasteiger partial charge in [-0.1, -0.05) is 18.1 Å². The molecule has 11 nitrogen and oxygen atoms in total. The van der Waals surface area contributed by atoms with Crippen LogP contribution in [0.5, 0.6) is 6.01 Å². The number of imide groups is 1. The van der Waals surface area contributed by atoms with E-state index in [0.717, 1.165) is 44.0 Å². The number of nitrogen functional groups attached to an aromatic ring is 1. The maximum atomic E-state index is 15.6. The van der Waals surface area contributed by atoms with Gasteiger partial charge in [-0.2, -0.15) is 23.1 Å². The molecule has 0 bridgehead atoms. The lowest BCUT2D eigenvalue weighted by atomic mass is 9.88. The Bertz CT molecular complexity index is 1790. The average molecular weight is 670 g/mol. The molecule has 0 unspecified atom stereocenters. The van der Waals surface area contributed by atoms with Crippen molar-refractivity contribution in [2.45, 2.75) is 75.4 Å². The van der Waals surface area contributed by atoms with Gasteiger partial charge in [-0.25, -0.2) is 9.18 Å². The zero-order valence-corrected chi connectivity index (χ0v) is 26.4. The van der Waals surface area contributed by atoms with Crippen LogP contribution in [0.4, 0.5) is 33.9 Å². The Hall–Kier alpha value is -4.42. The first kappa shape index (κ1) is 32.1. The van der Waals surface area contributed by atoms with E-state index in [2.05, 4.69) is 38.9 Å². The van der Waals surface area contributed by atoms with Crippen LogP contribution in [-0.4, -0.2) is 70.7 Å². The molecule has 6 heterocycles. The molecule has 4 N–H and O–H groups in total. The Balaban J connectivity index is 1.29. The Morgan fingerprint density at radius 3 is 2.75 bits per heavy atom. The molecule has 254 valence electrons. The molecule has 0 aliphatic carbocycles. The average Bonchev–Trinajstić information content (AvgIpc) is 3.64. The number of nitrogens with two attached hydrogens (primary N) is 1. The van der Waals surface area contributed by atoms with Crippen molar-refractivity contribution >= 4 is 23.4 Å². The van der Waals surface area contributed by atoms with Gasteiger partial charge in [0.25, 0.3) is 5.91 Å². The van der Waals surface area contributed by atoms with E-state index in [1.54, 1.807) is 0 Å². The third kappa shape index (κ3) is 5.40. The summed E-state index contributed by atoms with van der Waals surface area (Å²) in [5.41, 5.74) is 3.41. The number of piperidine rings is 1. The van der Waals surface area contributed by atoms with Crippen LogP contribution in [0.25, 0.3) is 0 Å². The van der Waals surface area contributed by atoms with Crippen LogP contribution < -0.4 is 26.0 Å². The highest BCUT2D eigenvalue weighted by Gasteiger charge is 2.50. The van der Waals surface area contributed by atoms with Gasteiger partial charge >= 0.3 is 18.2 Å². The normalized spacial score (nSPS) is 27.0. The highest BCUT2D eigenvalue weighted by Crippen LogP contribution is 2.45. The van der Waals surface area contributed by atoms with Gasteiger partial charge in [-0.3, -0.25) is 15.0 Å². The largest absolute Gasteiger partial charge is 0.461 e. The number of urea groups is 1. The molecular formula is C33H35F4N7O4. The number of amides is 3. The van der Waals surface area contributed by atoms with Gasteiger partial charge in [-0.15, -0.1) is 5.92 Å². The summed E-state index contributed by atoms with van der Waals surface area (Å²) in [5, 5.41) is 5.05. The third-order valence-electron chi connectivity index (χ3n) is 10.1. The maximum absolute atomic E-state index is 15.6. The van der Waals surface area contributed by atoms with Gasteiger partial charge in [0.05, 0.1) is 41.7 Å². The molecule has 1 aromatic carbocycles. The number of anilines is 2. The fraction of sp³-hybridized carbons (Fsp3) is 0.515. The van der Waals surface area contributed by atoms with Crippen LogP contribution >= 0.6 is 0 Å². The Morgan fingerprint density at radius 2 is 2.02 bits per heavy atom. The van der Waals surface area contributed by atoms with E-state index in [0.29, 0.717) is 36.5 Å². The smallest absolute Gasteiger partial charge is 0.418 e. The van der Waals surface area contributed by atoms with Crippen molar-refractivity contribution in [1.29, 1.82) is 0 Å². The predicted octanol–water partition coefficient (Wildman–Crippen LogP) is 3.75. The first-order valence-corrected chi connectivity index (χ1v) is 15.9. The van der Waals surface area contributed by atoms with E-state index in [4.69, 9.17) is 20.2 Å². The van der Waals surface area contributed by atoms with Gasteiger partial charge in [0.15, 0.2) is 5.82 Å². The molecule has 2 aromatic rings. The van der Waals surface area contributed by atoms with Crippen molar-refractivity contribution in [2.75, 3.05) is 43.4 Å². The van der Waals surface area contributed by atoms with E-state index in [-0.39, 0.29) is 37.7 Å². The van der Waals surface area contributed by atoms with Gasteiger partial charge in [-0.05, 0) is 51.6 Å². The molecular weight excluding hydrogens is 634 g/mol. The summed E-state index contributed by atoms with van der Waals surface area (Å²) in [4.78, 5) is 38.6. The van der Waals surface area contributed by atoms with Gasteiger partial charge in [0.2, 0.25) is 0 Å². The minimum atomic E-state index is -4.95. The van der Waals surface area contributed by atoms with E-state index >= 15 is 4.39 Å². The van der Waals surface area contributed by atoms with E-state index in [1.165, 1.54) is 6.92 Å². The number of halogens is 4. The van der Waals surface area contributed by atoms with E-state index in [9.17, 15) is 22.8 Å². The molecule has 5 aliphatic heterocycles. The Kier molecular flexibility index (Phi) is 7.78. The first-order chi connectivity index (χ1) is 22.8. The lowest BCUT2D eigenvalue weighted by Gasteiger charge is -2.40. The Morgan fingerprint density at radius 1 is 1.23 bits per heavy atom. The lowest BCUT2D eigenvalue weighted by molar-refractivity contribution is -0.140. The highest BCUT2D eigenvalue weighted by molar-refractivity contribution is 6.07. The molecule has 4 fully saturated rings. The monoisotopic (exact) mass is 669 g/mol. The van der Waals surface area contributed by atoms with Crippen LogP contribution in [0.3, 0.4) is 0 Å². The zero-order chi connectivity index (χ0) is 34.0. The van der Waals surface area contributed by atoms with Crippen molar-refractivity contribution in [2.24, 2.45) is 0 Å². The number of fused-ring (bicyclic) bond motifs is 2. The number of carbonyl (C=O) groups is 2. The zero-order valence-electron chi connectivity index (χ0n) is 26.4. The number of nitrogens with zero attached hydrogens (tertiary/aromatic N) is 4. The minimum absolute atomic E-state index is 0.00398. The number of benzene rings is 1. The fourth-order valence-electron chi connectivity index (χ4n) is 7.98. The second kappa shape index (κ2) is 11.6. The number of rotatable bonds is 5. The number of hydrogen-bond donors (Lipinski definition) is 3. The third-order valence-corrected chi connectivity index (χ3v) is 10.1. The summed E-state index contributed by atoms with van der Waals surface area (Å²) in [6.07, 6.45) is -2.97. The minimum Gasteiger partial charge on any atom is -0.461 e. The summed E-state index contributed by atoms with van der Waals surface area (Å²) < 4.78 is 71.4. The van der Waals surface area contributed by atoms with Gasteiger partial charge in [0, 0.05) is 36.2 Å². The molecule has 0 saturated carbocycles. The molecule has 4 saturated heterocycles. The maximum Gasteiger partial charge on any atom is 0.418 e. The second-order valence-corrected chi connectivity index (χ2v) is 13.2.